The van der Waals surface area contributed by atoms with Crippen LogP contribution in [0.1, 0.15) is 18.1 Å². The van der Waals surface area contributed by atoms with Gasteiger partial charge in [-0.3, -0.25) is 15.2 Å². The Bertz CT molecular complexity index is 665. The quantitative estimate of drug-likeness (QED) is 0.759. The van der Waals surface area contributed by atoms with Crippen molar-refractivity contribution < 1.29 is 4.79 Å². The first-order valence-electron chi connectivity index (χ1n) is 6.70. The maximum Gasteiger partial charge on any atom is 0.231 e. The van der Waals surface area contributed by atoms with Crippen molar-refractivity contribution in [2.75, 3.05) is 11.9 Å². The van der Waals surface area contributed by atoms with E-state index in [1.54, 1.807) is 11.3 Å². The molecular weight excluding hydrogens is 284 g/mol. The molecule has 0 aliphatic carbocycles. The number of hydrazine groups is 1. The van der Waals surface area contributed by atoms with E-state index in [0.717, 1.165) is 21.8 Å². The fraction of sp³-hybridized carbons (Fsp3) is 0.200. The first-order valence-corrected chi connectivity index (χ1v) is 7.58. The number of hydrogen-bond acceptors (Lipinski definition) is 5. The molecule has 0 fully saturated rings. The molecule has 0 bridgehead atoms. The molecule has 0 spiro atoms. The third-order valence-electron chi connectivity index (χ3n) is 3.13. The van der Waals surface area contributed by atoms with Crippen molar-refractivity contribution in [2.45, 2.75) is 13.1 Å². The van der Waals surface area contributed by atoms with Gasteiger partial charge in [-0.15, -0.1) is 11.3 Å². The number of anilines is 1. The second-order valence-corrected chi connectivity index (χ2v) is 5.66. The zero-order chi connectivity index (χ0) is 14.7. The number of carbonyl (C=O) groups is 1. The summed E-state index contributed by atoms with van der Waals surface area (Å²) in [5, 5.41) is 6.46. The lowest BCUT2D eigenvalue weighted by Crippen LogP contribution is -2.48. The zero-order valence-corrected chi connectivity index (χ0v) is 12.4. The van der Waals surface area contributed by atoms with Crippen molar-refractivity contribution in [3.05, 3.63) is 52.9 Å². The molecule has 2 aromatic rings. The molecule has 108 valence electrons. The topological polar surface area (TPSA) is 65.5 Å². The summed E-state index contributed by atoms with van der Waals surface area (Å²) < 4.78 is 0. The minimum absolute atomic E-state index is 0.125. The molecule has 0 radical (unpaired) electrons. The third-order valence-corrected chi connectivity index (χ3v) is 3.97. The van der Waals surface area contributed by atoms with Gasteiger partial charge in [0, 0.05) is 18.1 Å². The third kappa shape index (κ3) is 3.12. The summed E-state index contributed by atoms with van der Waals surface area (Å²) in [5.74, 6) is -0.125. The first-order chi connectivity index (χ1) is 10.2. The van der Waals surface area contributed by atoms with E-state index in [4.69, 9.17) is 4.99 Å². The number of carbonyl (C=O) groups excluding carboxylic acids is 1. The monoisotopic (exact) mass is 300 g/mol. The lowest BCUT2D eigenvalue weighted by molar-refractivity contribution is -0.120. The van der Waals surface area contributed by atoms with Crippen LogP contribution in [0, 0.1) is 0 Å². The van der Waals surface area contributed by atoms with Crippen molar-refractivity contribution in [2.24, 2.45) is 4.99 Å². The fourth-order valence-corrected chi connectivity index (χ4v) is 3.03. The van der Waals surface area contributed by atoms with Crippen LogP contribution in [0.4, 0.5) is 5.00 Å². The molecule has 1 atom stereocenters. The van der Waals surface area contributed by atoms with Gasteiger partial charge in [-0.1, -0.05) is 30.3 Å². The molecule has 2 heterocycles. The molecule has 1 unspecified atom stereocenters. The van der Waals surface area contributed by atoms with Gasteiger partial charge in [0.15, 0.2) is 0 Å². The van der Waals surface area contributed by atoms with E-state index >= 15 is 0 Å². The SMILES string of the molecule is CC(=O)NNC1CN=C(c2ccccc2)c2ccsc2N1. The maximum atomic E-state index is 11.0. The molecule has 0 saturated heterocycles. The predicted molar refractivity (Wildman–Crippen MR) is 85.6 cm³/mol. The van der Waals surface area contributed by atoms with E-state index < -0.39 is 0 Å². The number of hydrogen-bond donors (Lipinski definition) is 3. The molecule has 1 amide bonds. The van der Waals surface area contributed by atoms with E-state index in [1.165, 1.54) is 6.92 Å². The second-order valence-electron chi connectivity index (χ2n) is 4.74. The summed E-state index contributed by atoms with van der Waals surface area (Å²) in [7, 11) is 0. The highest BCUT2D eigenvalue weighted by molar-refractivity contribution is 7.14. The standard InChI is InChI=1S/C15H16N4OS/c1-10(20)18-19-13-9-16-14(11-5-3-2-4-6-11)12-7-8-21-15(12)17-13/h2-8,13,17,19H,9H2,1H3,(H,18,20). The van der Waals surface area contributed by atoms with Crippen LogP contribution >= 0.6 is 11.3 Å². The number of rotatable bonds is 3. The highest BCUT2D eigenvalue weighted by Crippen LogP contribution is 2.28. The van der Waals surface area contributed by atoms with Crippen LogP contribution < -0.4 is 16.2 Å². The zero-order valence-electron chi connectivity index (χ0n) is 11.6. The molecule has 1 aromatic carbocycles. The Balaban J connectivity index is 1.90. The number of nitrogens with one attached hydrogen (secondary N) is 3. The number of benzene rings is 1. The minimum atomic E-state index is -0.132. The fourth-order valence-electron chi connectivity index (χ4n) is 2.19. The first kappa shape index (κ1) is 13.8. The van der Waals surface area contributed by atoms with Crippen LogP contribution in [0.2, 0.25) is 0 Å². The van der Waals surface area contributed by atoms with Gasteiger partial charge in [0.25, 0.3) is 0 Å². The molecule has 5 nitrogen and oxygen atoms in total. The van der Waals surface area contributed by atoms with Gasteiger partial charge < -0.3 is 5.32 Å². The van der Waals surface area contributed by atoms with Crippen LogP contribution in [0.15, 0.2) is 46.8 Å². The number of fused-ring (bicyclic) bond motifs is 1. The smallest absolute Gasteiger partial charge is 0.231 e. The van der Waals surface area contributed by atoms with Gasteiger partial charge in [0.2, 0.25) is 5.91 Å². The molecule has 1 aromatic heterocycles. The number of nitrogens with zero attached hydrogens (tertiary/aromatic N) is 1. The molecule has 6 heteroatoms. The van der Waals surface area contributed by atoms with Crippen LogP contribution in [-0.2, 0) is 4.79 Å². The molecule has 1 aliphatic rings. The van der Waals surface area contributed by atoms with Gasteiger partial charge in [0.1, 0.15) is 6.17 Å². The van der Waals surface area contributed by atoms with E-state index in [1.807, 2.05) is 23.6 Å². The van der Waals surface area contributed by atoms with Crippen LogP contribution in [0.3, 0.4) is 0 Å². The second kappa shape index (κ2) is 6.07. The Morgan fingerprint density at radius 2 is 2.14 bits per heavy atom. The summed E-state index contributed by atoms with van der Waals surface area (Å²) >= 11 is 1.63. The highest BCUT2D eigenvalue weighted by atomic mass is 32.1. The van der Waals surface area contributed by atoms with Gasteiger partial charge in [-0.25, -0.2) is 5.43 Å². The molecular formula is C15H16N4OS. The van der Waals surface area contributed by atoms with Crippen LogP contribution in [0.25, 0.3) is 0 Å². The molecule has 21 heavy (non-hydrogen) atoms. The Hall–Kier alpha value is -2.18. The molecule has 1 aliphatic heterocycles. The van der Waals surface area contributed by atoms with Crippen molar-refractivity contribution in [1.29, 1.82) is 0 Å². The minimum Gasteiger partial charge on any atom is -0.358 e. The summed E-state index contributed by atoms with van der Waals surface area (Å²) in [6.45, 7) is 2.00. The van der Waals surface area contributed by atoms with Crippen molar-refractivity contribution in [3.63, 3.8) is 0 Å². The summed E-state index contributed by atoms with van der Waals surface area (Å²) in [5.41, 5.74) is 8.73. The van der Waals surface area contributed by atoms with Gasteiger partial charge in [0.05, 0.1) is 17.3 Å². The van der Waals surface area contributed by atoms with Gasteiger partial charge >= 0.3 is 0 Å². The Morgan fingerprint density at radius 1 is 1.33 bits per heavy atom. The van der Waals surface area contributed by atoms with Crippen molar-refractivity contribution in [3.8, 4) is 0 Å². The molecule has 0 saturated carbocycles. The predicted octanol–water partition coefficient (Wildman–Crippen LogP) is 1.98. The number of amides is 1. The lowest BCUT2D eigenvalue weighted by Gasteiger charge is -2.17. The Labute approximate surface area is 127 Å². The summed E-state index contributed by atoms with van der Waals surface area (Å²) in [6, 6.07) is 12.2. The van der Waals surface area contributed by atoms with E-state index in [2.05, 4.69) is 34.4 Å². The molecule has 3 rings (SSSR count). The number of thiophene rings is 1. The highest BCUT2D eigenvalue weighted by Gasteiger charge is 2.20. The van der Waals surface area contributed by atoms with Crippen LogP contribution in [0.5, 0.6) is 0 Å². The van der Waals surface area contributed by atoms with Gasteiger partial charge in [-0.2, -0.15) is 0 Å². The number of aliphatic imine (C=N–C) groups is 1. The van der Waals surface area contributed by atoms with Crippen molar-refractivity contribution >= 4 is 28.0 Å². The van der Waals surface area contributed by atoms with E-state index in [-0.39, 0.29) is 12.1 Å². The Kier molecular flexibility index (Phi) is 3.98. The normalized spacial score (nSPS) is 17.2. The molecule has 3 N–H and O–H groups in total. The summed E-state index contributed by atoms with van der Waals surface area (Å²) in [4.78, 5) is 15.7. The Morgan fingerprint density at radius 3 is 2.90 bits per heavy atom. The largest absolute Gasteiger partial charge is 0.358 e. The van der Waals surface area contributed by atoms with Gasteiger partial charge in [-0.05, 0) is 11.4 Å². The van der Waals surface area contributed by atoms with E-state index in [0.29, 0.717) is 6.54 Å². The van der Waals surface area contributed by atoms with Crippen molar-refractivity contribution in [1.82, 2.24) is 10.9 Å². The average molecular weight is 300 g/mol. The van der Waals surface area contributed by atoms with Crippen LogP contribution in [-0.4, -0.2) is 24.3 Å². The lowest BCUT2D eigenvalue weighted by atomic mass is 10.0. The average Bonchev–Trinajstić information content (AvgIpc) is 2.87. The maximum absolute atomic E-state index is 11.0. The van der Waals surface area contributed by atoms with E-state index in [9.17, 15) is 4.79 Å². The summed E-state index contributed by atoms with van der Waals surface area (Å²) in [6.07, 6.45) is -0.132.